The summed E-state index contributed by atoms with van der Waals surface area (Å²) in [6.45, 7) is -0.677. The Hall–Kier alpha value is -3.00. The van der Waals surface area contributed by atoms with Crippen molar-refractivity contribution in [3.8, 4) is 0 Å². The number of hydrogen-bond donors (Lipinski definition) is 1. The van der Waals surface area contributed by atoms with Crippen molar-refractivity contribution in [1.29, 1.82) is 0 Å². The second-order valence-corrected chi connectivity index (χ2v) is 4.93. The Morgan fingerprint density at radius 2 is 1.96 bits per heavy atom. The highest BCUT2D eigenvalue weighted by Gasteiger charge is 2.18. The Labute approximate surface area is 140 Å². The lowest BCUT2D eigenvalue weighted by molar-refractivity contribution is -0.384. The molecule has 2 rings (SSSR count). The lowest BCUT2D eigenvalue weighted by Crippen LogP contribution is -2.21. The van der Waals surface area contributed by atoms with Crippen molar-refractivity contribution >= 4 is 34.9 Å². The van der Waals surface area contributed by atoms with Crippen molar-refractivity contribution < 1.29 is 23.6 Å². The molecule has 0 bridgehead atoms. The zero-order valence-corrected chi connectivity index (χ0v) is 12.7. The maximum atomic E-state index is 13.4. The number of hydrogen-bond acceptors (Lipinski definition) is 5. The molecule has 0 aromatic heterocycles. The Morgan fingerprint density at radius 3 is 2.62 bits per heavy atom. The molecule has 0 spiro atoms. The van der Waals surface area contributed by atoms with Gasteiger partial charge in [-0.1, -0.05) is 23.7 Å². The zero-order chi connectivity index (χ0) is 17.7. The van der Waals surface area contributed by atoms with Crippen LogP contribution in [-0.4, -0.2) is 23.4 Å². The molecule has 0 aliphatic heterocycles. The molecule has 2 aromatic rings. The number of nitrogens with one attached hydrogen (secondary N) is 1. The van der Waals surface area contributed by atoms with Crippen LogP contribution < -0.4 is 5.32 Å². The number of carbonyl (C=O) groups excluding carboxylic acids is 2. The van der Waals surface area contributed by atoms with Crippen LogP contribution in [0.15, 0.2) is 42.5 Å². The number of nitro groups is 1. The van der Waals surface area contributed by atoms with Gasteiger partial charge in [-0.2, -0.15) is 0 Å². The van der Waals surface area contributed by atoms with Gasteiger partial charge in [-0.05, 0) is 24.3 Å². The van der Waals surface area contributed by atoms with E-state index < -0.39 is 34.9 Å². The lowest BCUT2D eigenvalue weighted by atomic mass is 10.2. The Morgan fingerprint density at radius 1 is 1.25 bits per heavy atom. The van der Waals surface area contributed by atoms with Crippen molar-refractivity contribution in [1.82, 2.24) is 0 Å². The number of ether oxygens (including phenoxy) is 1. The van der Waals surface area contributed by atoms with E-state index in [1.54, 1.807) is 0 Å². The van der Waals surface area contributed by atoms with E-state index in [4.69, 9.17) is 16.3 Å². The third-order valence-electron chi connectivity index (χ3n) is 2.86. The number of rotatable bonds is 5. The van der Waals surface area contributed by atoms with Gasteiger partial charge in [0.1, 0.15) is 10.8 Å². The highest BCUT2D eigenvalue weighted by atomic mass is 35.5. The number of esters is 1. The monoisotopic (exact) mass is 352 g/mol. The molecule has 0 unspecified atom stereocenters. The molecule has 2 aromatic carbocycles. The minimum absolute atomic E-state index is 0.0549. The summed E-state index contributed by atoms with van der Waals surface area (Å²) in [5.41, 5.74) is -0.646. The van der Waals surface area contributed by atoms with Crippen LogP contribution in [0.25, 0.3) is 0 Å². The van der Waals surface area contributed by atoms with Crippen molar-refractivity contribution in [3.63, 3.8) is 0 Å². The molecular weight excluding hydrogens is 343 g/mol. The quantitative estimate of drug-likeness (QED) is 0.506. The average molecular weight is 353 g/mol. The Balaban J connectivity index is 1.98. The molecular formula is C15H10ClFN2O5. The summed E-state index contributed by atoms with van der Waals surface area (Å²) in [5, 5.41) is 12.9. The van der Waals surface area contributed by atoms with E-state index in [1.807, 2.05) is 0 Å². The molecule has 24 heavy (non-hydrogen) atoms. The Bertz CT molecular complexity index is 812. The molecule has 1 amide bonds. The van der Waals surface area contributed by atoms with Gasteiger partial charge >= 0.3 is 5.97 Å². The normalized spacial score (nSPS) is 10.1. The molecule has 9 heteroatoms. The number of para-hydroxylation sites is 1. The lowest BCUT2D eigenvalue weighted by Gasteiger charge is -2.07. The first-order valence-electron chi connectivity index (χ1n) is 6.54. The SMILES string of the molecule is O=C(COC(=O)c1ccc(Cl)c([N+](=O)[O-])c1)Nc1ccccc1F. The number of anilines is 1. The van der Waals surface area contributed by atoms with Crippen LogP contribution in [0, 0.1) is 15.9 Å². The highest BCUT2D eigenvalue weighted by molar-refractivity contribution is 6.32. The summed E-state index contributed by atoms with van der Waals surface area (Å²) >= 11 is 5.64. The van der Waals surface area contributed by atoms with Gasteiger partial charge in [0.15, 0.2) is 6.61 Å². The van der Waals surface area contributed by atoms with Gasteiger partial charge in [-0.3, -0.25) is 14.9 Å². The molecule has 0 atom stereocenters. The first kappa shape index (κ1) is 17.4. The minimum Gasteiger partial charge on any atom is -0.452 e. The third kappa shape index (κ3) is 4.26. The minimum atomic E-state index is -0.946. The number of nitrogens with zero attached hydrogens (tertiary/aromatic N) is 1. The number of halogens is 2. The maximum Gasteiger partial charge on any atom is 0.338 e. The van der Waals surface area contributed by atoms with Crippen molar-refractivity contribution in [3.05, 3.63) is 69.0 Å². The van der Waals surface area contributed by atoms with Crippen LogP contribution in [0.1, 0.15) is 10.4 Å². The molecule has 0 saturated carbocycles. The van der Waals surface area contributed by atoms with Gasteiger partial charge < -0.3 is 10.1 Å². The first-order chi connectivity index (χ1) is 11.4. The number of nitro benzene ring substituents is 1. The van der Waals surface area contributed by atoms with Gasteiger partial charge in [0.05, 0.1) is 16.2 Å². The fraction of sp³-hybridized carbons (Fsp3) is 0.0667. The van der Waals surface area contributed by atoms with Crippen molar-refractivity contribution in [2.45, 2.75) is 0 Å². The summed E-state index contributed by atoms with van der Waals surface area (Å²) in [6, 6.07) is 8.84. The van der Waals surface area contributed by atoms with Crippen LogP contribution in [0.2, 0.25) is 5.02 Å². The first-order valence-corrected chi connectivity index (χ1v) is 6.91. The fourth-order valence-corrected chi connectivity index (χ4v) is 1.93. The average Bonchev–Trinajstić information content (AvgIpc) is 2.55. The van der Waals surface area contributed by atoms with Gasteiger partial charge in [0, 0.05) is 6.07 Å². The standard InChI is InChI=1S/C15H10ClFN2O5/c16-10-6-5-9(7-13(10)19(22)23)15(21)24-8-14(20)18-12-4-2-1-3-11(12)17/h1-7H,8H2,(H,18,20). The topological polar surface area (TPSA) is 98.5 Å². The van der Waals surface area contributed by atoms with Gasteiger partial charge in [-0.15, -0.1) is 0 Å². The summed E-state index contributed by atoms with van der Waals surface area (Å²) in [7, 11) is 0. The van der Waals surface area contributed by atoms with Gasteiger partial charge in [0.25, 0.3) is 11.6 Å². The zero-order valence-electron chi connectivity index (χ0n) is 12.0. The number of benzene rings is 2. The second kappa shape index (κ2) is 7.51. The van der Waals surface area contributed by atoms with Gasteiger partial charge in [0.2, 0.25) is 0 Å². The van der Waals surface area contributed by atoms with Gasteiger partial charge in [-0.25, -0.2) is 9.18 Å². The summed E-state index contributed by atoms with van der Waals surface area (Å²) in [4.78, 5) is 33.5. The molecule has 1 N–H and O–H groups in total. The summed E-state index contributed by atoms with van der Waals surface area (Å²) in [6.07, 6.45) is 0. The molecule has 124 valence electrons. The number of carbonyl (C=O) groups is 2. The van der Waals surface area contributed by atoms with Crippen molar-refractivity contribution in [2.75, 3.05) is 11.9 Å². The van der Waals surface area contributed by atoms with E-state index in [1.165, 1.54) is 30.3 Å². The summed E-state index contributed by atoms with van der Waals surface area (Å²) in [5.74, 6) is -2.33. The molecule has 0 radical (unpaired) electrons. The van der Waals surface area contributed by atoms with Crippen LogP contribution >= 0.6 is 11.6 Å². The largest absolute Gasteiger partial charge is 0.452 e. The maximum absolute atomic E-state index is 13.4. The molecule has 0 aliphatic rings. The van der Waals surface area contributed by atoms with Crippen molar-refractivity contribution in [2.24, 2.45) is 0 Å². The van der Waals surface area contributed by atoms with E-state index in [2.05, 4.69) is 5.32 Å². The predicted octanol–water partition coefficient (Wildman–Crippen LogP) is 3.18. The molecule has 7 nitrogen and oxygen atoms in total. The summed E-state index contributed by atoms with van der Waals surface area (Å²) < 4.78 is 18.1. The van der Waals surface area contributed by atoms with Crippen LogP contribution in [-0.2, 0) is 9.53 Å². The Kier molecular flexibility index (Phi) is 5.43. The molecule has 0 heterocycles. The molecule has 0 saturated heterocycles. The highest BCUT2D eigenvalue weighted by Crippen LogP contribution is 2.25. The van der Waals surface area contributed by atoms with E-state index in [0.717, 1.165) is 12.1 Å². The van der Waals surface area contributed by atoms with E-state index in [9.17, 15) is 24.1 Å². The number of amides is 1. The predicted molar refractivity (Wildman–Crippen MR) is 83.4 cm³/mol. The van der Waals surface area contributed by atoms with E-state index >= 15 is 0 Å². The smallest absolute Gasteiger partial charge is 0.338 e. The van der Waals surface area contributed by atoms with E-state index in [0.29, 0.717) is 0 Å². The fourth-order valence-electron chi connectivity index (χ4n) is 1.74. The molecule has 0 aliphatic carbocycles. The van der Waals surface area contributed by atoms with Crippen LogP contribution in [0.4, 0.5) is 15.8 Å². The van der Waals surface area contributed by atoms with Crippen LogP contribution in [0.5, 0.6) is 0 Å². The second-order valence-electron chi connectivity index (χ2n) is 4.53. The molecule has 0 fully saturated rings. The third-order valence-corrected chi connectivity index (χ3v) is 3.18. The van der Waals surface area contributed by atoms with Crippen LogP contribution in [0.3, 0.4) is 0 Å². The van der Waals surface area contributed by atoms with E-state index in [-0.39, 0.29) is 16.3 Å².